The van der Waals surface area contributed by atoms with Gasteiger partial charge in [0.05, 0.1) is 19.2 Å². The van der Waals surface area contributed by atoms with Gasteiger partial charge < -0.3 is 18.8 Å². The minimum absolute atomic E-state index is 0.0214. The molecule has 1 unspecified atom stereocenters. The summed E-state index contributed by atoms with van der Waals surface area (Å²) in [6, 6.07) is 7.81. The monoisotopic (exact) mass is 352 g/mol. The van der Waals surface area contributed by atoms with Crippen LogP contribution in [0.3, 0.4) is 0 Å². The zero-order chi connectivity index (χ0) is 17.9. The average Bonchev–Trinajstić information content (AvgIpc) is 3.12. The maximum absolute atomic E-state index is 12.9. The van der Waals surface area contributed by atoms with Crippen molar-refractivity contribution in [2.75, 3.05) is 20.2 Å². The quantitative estimate of drug-likeness (QED) is 0.721. The topological polar surface area (TPSA) is 69.0 Å². The molecule has 3 aromatic rings. The minimum atomic E-state index is -0.129. The predicted molar refractivity (Wildman–Crippen MR) is 95.5 cm³/mol. The zero-order valence-corrected chi connectivity index (χ0v) is 14.5. The fourth-order valence-electron chi connectivity index (χ4n) is 3.26. The number of pyridine rings is 1. The molecular weight excluding hydrogens is 332 g/mol. The van der Waals surface area contributed by atoms with Crippen molar-refractivity contribution >= 4 is 11.4 Å². The fourth-order valence-corrected chi connectivity index (χ4v) is 3.26. The van der Waals surface area contributed by atoms with Crippen molar-refractivity contribution in [3.05, 3.63) is 54.6 Å². The smallest absolute Gasteiger partial charge is 0.278 e. The molecular formula is C19H20N4O3. The Morgan fingerprint density at radius 3 is 2.88 bits per heavy atom. The molecule has 0 radical (unpaired) electrons. The van der Waals surface area contributed by atoms with Crippen molar-refractivity contribution in [3.8, 4) is 11.8 Å². The molecule has 0 N–H and O–H groups in total. The Morgan fingerprint density at radius 1 is 1.23 bits per heavy atom. The van der Waals surface area contributed by atoms with E-state index < -0.39 is 0 Å². The first-order chi connectivity index (χ1) is 12.7. The standard InChI is InChI=1S/C19H20N4O3/c1-25-17-18(21-8-7-20-17)26-16-6-4-10-23(13-16)19(24)14-11-15-5-2-3-9-22(15)12-14/h2-3,5,7-9,11-12,16H,4,6,10,13H2,1H3. The molecule has 3 aromatic heterocycles. The number of methoxy groups -OCH3 is 1. The van der Waals surface area contributed by atoms with Crippen molar-refractivity contribution in [2.24, 2.45) is 0 Å². The van der Waals surface area contributed by atoms with Gasteiger partial charge in [0, 0.05) is 36.8 Å². The molecule has 26 heavy (non-hydrogen) atoms. The van der Waals surface area contributed by atoms with Gasteiger partial charge >= 0.3 is 0 Å². The van der Waals surface area contributed by atoms with Crippen LogP contribution in [0, 0.1) is 0 Å². The van der Waals surface area contributed by atoms with E-state index in [2.05, 4.69) is 9.97 Å². The van der Waals surface area contributed by atoms with Gasteiger partial charge in [-0.25, -0.2) is 9.97 Å². The van der Waals surface area contributed by atoms with E-state index in [1.807, 2.05) is 46.0 Å². The van der Waals surface area contributed by atoms with Gasteiger partial charge in [0.2, 0.25) is 0 Å². The van der Waals surface area contributed by atoms with Crippen LogP contribution in [-0.2, 0) is 0 Å². The van der Waals surface area contributed by atoms with Crippen molar-refractivity contribution < 1.29 is 14.3 Å². The summed E-state index contributed by atoms with van der Waals surface area (Å²) in [5.41, 5.74) is 1.69. The highest BCUT2D eigenvalue weighted by Gasteiger charge is 2.27. The molecule has 1 atom stereocenters. The summed E-state index contributed by atoms with van der Waals surface area (Å²) in [5, 5.41) is 0. The van der Waals surface area contributed by atoms with E-state index in [-0.39, 0.29) is 12.0 Å². The molecule has 4 rings (SSSR count). The number of nitrogens with zero attached hydrogens (tertiary/aromatic N) is 4. The number of hydrogen-bond acceptors (Lipinski definition) is 5. The number of hydrogen-bond donors (Lipinski definition) is 0. The van der Waals surface area contributed by atoms with Gasteiger partial charge in [-0.05, 0) is 31.0 Å². The predicted octanol–water partition coefficient (Wildman–Crippen LogP) is 2.42. The second kappa shape index (κ2) is 7.03. The fraction of sp³-hybridized carbons (Fsp3) is 0.316. The molecule has 4 heterocycles. The number of likely N-dealkylation sites (tertiary alicyclic amines) is 1. The van der Waals surface area contributed by atoms with E-state index in [0.29, 0.717) is 23.9 Å². The summed E-state index contributed by atoms with van der Waals surface area (Å²) in [5.74, 6) is 0.742. The molecule has 0 aliphatic carbocycles. The molecule has 0 aromatic carbocycles. The van der Waals surface area contributed by atoms with Crippen LogP contribution in [0.25, 0.3) is 5.52 Å². The number of rotatable bonds is 4. The third-order valence-electron chi connectivity index (χ3n) is 4.52. The molecule has 0 bridgehead atoms. The SMILES string of the molecule is COc1nccnc1OC1CCCN(C(=O)c2cc3ccccn3c2)C1. The summed E-state index contributed by atoms with van der Waals surface area (Å²) >= 11 is 0. The molecule has 0 saturated carbocycles. The molecule has 0 spiro atoms. The lowest BCUT2D eigenvalue weighted by molar-refractivity contribution is 0.0519. The highest BCUT2D eigenvalue weighted by molar-refractivity contribution is 5.95. The van der Waals surface area contributed by atoms with Gasteiger partial charge in [-0.3, -0.25) is 4.79 Å². The van der Waals surface area contributed by atoms with E-state index in [1.165, 1.54) is 7.11 Å². The Bertz CT molecular complexity index is 891. The first-order valence-electron chi connectivity index (χ1n) is 8.62. The lowest BCUT2D eigenvalue weighted by Crippen LogP contribution is -2.44. The Balaban J connectivity index is 1.48. The van der Waals surface area contributed by atoms with E-state index in [9.17, 15) is 4.79 Å². The third kappa shape index (κ3) is 3.20. The van der Waals surface area contributed by atoms with Gasteiger partial charge in [-0.1, -0.05) is 6.07 Å². The van der Waals surface area contributed by atoms with Gasteiger partial charge in [-0.15, -0.1) is 0 Å². The zero-order valence-electron chi connectivity index (χ0n) is 14.5. The van der Waals surface area contributed by atoms with Crippen molar-refractivity contribution in [1.82, 2.24) is 19.3 Å². The van der Waals surface area contributed by atoms with E-state index in [0.717, 1.165) is 24.9 Å². The van der Waals surface area contributed by atoms with Crippen LogP contribution in [0.4, 0.5) is 0 Å². The second-order valence-corrected chi connectivity index (χ2v) is 6.27. The summed E-state index contributed by atoms with van der Waals surface area (Å²) in [6.45, 7) is 1.24. The number of fused-ring (bicyclic) bond motifs is 1. The summed E-state index contributed by atoms with van der Waals surface area (Å²) < 4.78 is 13.1. The van der Waals surface area contributed by atoms with E-state index in [1.54, 1.807) is 12.4 Å². The van der Waals surface area contributed by atoms with Crippen LogP contribution in [-0.4, -0.2) is 51.5 Å². The molecule has 1 aliphatic rings. The molecule has 134 valence electrons. The number of ether oxygens (including phenoxy) is 2. The highest BCUT2D eigenvalue weighted by atomic mass is 16.5. The van der Waals surface area contributed by atoms with E-state index >= 15 is 0 Å². The lowest BCUT2D eigenvalue weighted by atomic mass is 10.1. The Hall–Kier alpha value is -3.09. The minimum Gasteiger partial charge on any atom is -0.477 e. The summed E-state index contributed by atoms with van der Waals surface area (Å²) in [7, 11) is 1.53. The second-order valence-electron chi connectivity index (χ2n) is 6.27. The van der Waals surface area contributed by atoms with Gasteiger partial charge in [0.1, 0.15) is 6.10 Å². The molecule has 1 amide bonds. The summed E-state index contributed by atoms with van der Waals surface area (Å²) in [4.78, 5) is 23.0. The maximum atomic E-state index is 12.9. The largest absolute Gasteiger partial charge is 0.477 e. The first kappa shape index (κ1) is 16.4. The van der Waals surface area contributed by atoms with Crippen LogP contribution in [0.1, 0.15) is 23.2 Å². The molecule has 1 aliphatic heterocycles. The van der Waals surface area contributed by atoms with Crippen molar-refractivity contribution in [1.29, 1.82) is 0 Å². The van der Waals surface area contributed by atoms with Crippen LogP contribution in [0.15, 0.2) is 49.1 Å². The van der Waals surface area contributed by atoms with Gasteiger partial charge in [0.25, 0.3) is 17.7 Å². The van der Waals surface area contributed by atoms with Gasteiger partial charge in [0.15, 0.2) is 0 Å². The molecule has 1 fully saturated rings. The molecule has 1 saturated heterocycles. The van der Waals surface area contributed by atoms with Crippen LogP contribution in [0.2, 0.25) is 0 Å². The number of carbonyl (C=O) groups is 1. The first-order valence-corrected chi connectivity index (χ1v) is 8.62. The Morgan fingerprint density at radius 2 is 2.08 bits per heavy atom. The van der Waals surface area contributed by atoms with Crippen molar-refractivity contribution in [2.45, 2.75) is 18.9 Å². The van der Waals surface area contributed by atoms with Crippen LogP contribution in [0.5, 0.6) is 11.8 Å². The molecule has 7 nitrogen and oxygen atoms in total. The van der Waals surface area contributed by atoms with Gasteiger partial charge in [-0.2, -0.15) is 0 Å². The number of aromatic nitrogens is 3. The summed E-state index contributed by atoms with van der Waals surface area (Å²) in [6.07, 6.45) is 8.54. The van der Waals surface area contributed by atoms with Crippen LogP contribution < -0.4 is 9.47 Å². The number of carbonyl (C=O) groups excluding carboxylic acids is 1. The Labute approximate surface area is 151 Å². The lowest BCUT2D eigenvalue weighted by Gasteiger charge is -2.32. The average molecular weight is 352 g/mol. The van der Waals surface area contributed by atoms with E-state index in [4.69, 9.17) is 9.47 Å². The van der Waals surface area contributed by atoms with Crippen molar-refractivity contribution in [3.63, 3.8) is 0 Å². The molecule has 7 heteroatoms. The Kier molecular flexibility index (Phi) is 4.43. The normalized spacial score (nSPS) is 17.3. The van der Waals surface area contributed by atoms with Crippen LogP contribution >= 0.6 is 0 Å². The third-order valence-corrected chi connectivity index (χ3v) is 4.52. The highest BCUT2D eigenvalue weighted by Crippen LogP contribution is 2.24. The maximum Gasteiger partial charge on any atom is 0.278 e. The number of amides is 1. The number of piperidine rings is 1.